The van der Waals surface area contributed by atoms with E-state index in [1.54, 1.807) is 36.4 Å². The molecule has 1 aromatic heterocycles. The fourth-order valence-corrected chi connectivity index (χ4v) is 3.22. The highest BCUT2D eigenvalue weighted by atomic mass is 32.2. The molecular weight excluding hydrogens is 326 g/mol. The number of β-amino-alcohol motifs (C(OH)–C–C–N with tert-alkyl or cyclic N) is 1. The van der Waals surface area contributed by atoms with Crippen LogP contribution in [-0.4, -0.2) is 45.2 Å². The first-order valence-corrected chi connectivity index (χ1v) is 8.21. The summed E-state index contributed by atoms with van der Waals surface area (Å²) in [5.41, 5.74) is 1.22. The number of aliphatic hydroxyl groups is 1. The summed E-state index contributed by atoms with van der Waals surface area (Å²) in [5.74, 6) is -0.511. The zero-order chi connectivity index (χ0) is 17.1. The predicted octanol–water partition coefficient (Wildman–Crippen LogP) is 1.70. The fourth-order valence-electron chi connectivity index (χ4n) is 2.41. The molecule has 0 spiro atoms. The number of benzene rings is 1. The topological polar surface area (TPSA) is 94.3 Å². The van der Waals surface area contributed by atoms with Gasteiger partial charge in [-0.25, -0.2) is 4.98 Å². The molecule has 1 aliphatic rings. The second-order valence-corrected chi connectivity index (χ2v) is 6.27. The Kier molecular flexibility index (Phi) is 4.60. The Morgan fingerprint density at radius 3 is 2.50 bits per heavy atom. The van der Waals surface area contributed by atoms with Gasteiger partial charge in [-0.1, -0.05) is 12.1 Å². The minimum absolute atomic E-state index is 0.0721. The van der Waals surface area contributed by atoms with Crippen LogP contribution in [0.5, 0.6) is 0 Å². The molecular formula is C17H13N3O3S. The third kappa shape index (κ3) is 3.15. The first kappa shape index (κ1) is 16.2. The summed E-state index contributed by atoms with van der Waals surface area (Å²) in [6, 6.07) is 11.9. The number of rotatable bonds is 5. The van der Waals surface area contributed by atoms with Gasteiger partial charge in [-0.2, -0.15) is 5.26 Å². The summed E-state index contributed by atoms with van der Waals surface area (Å²) in [4.78, 5) is 29.6. The van der Waals surface area contributed by atoms with Gasteiger partial charge in [0.1, 0.15) is 0 Å². The van der Waals surface area contributed by atoms with Crippen LogP contribution in [0.25, 0.3) is 0 Å². The van der Waals surface area contributed by atoms with Crippen LogP contribution in [0.2, 0.25) is 0 Å². The molecule has 1 atom stereocenters. The van der Waals surface area contributed by atoms with E-state index < -0.39 is 6.10 Å². The van der Waals surface area contributed by atoms with Gasteiger partial charge >= 0.3 is 0 Å². The number of nitrogens with zero attached hydrogens (tertiary/aromatic N) is 3. The SMILES string of the molecule is N#Cc1ccnc(SC[C@@H](O)CN2C(=O)c3ccccc3C2=O)c1. The monoisotopic (exact) mass is 339 g/mol. The standard InChI is InChI=1S/C17H13N3O3S/c18-8-11-5-6-19-15(7-11)24-10-12(21)9-20-16(22)13-3-1-2-4-14(13)17(20)23/h1-7,12,21H,9-10H2/t12-/m0/s1. The lowest BCUT2D eigenvalue weighted by Crippen LogP contribution is -2.37. The van der Waals surface area contributed by atoms with Crippen molar-refractivity contribution in [2.45, 2.75) is 11.1 Å². The number of nitriles is 1. The first-order chi connectivity index (χ1) is 11.6. The highest BCUT2D eigenvalue weighted by Crippen LogP contribution is 2.23. The molecule has 2 aromatic rings. The van der Waals surface area contributed by atoms with Crippen LogP contribution in [0.1, 0.15) is 26.3 Å². The number of amides is 2. The van der Waals surface area contributed by atoms with Gasteiger partial charge in [0, 0.05) is 11.9 Å². The van der Waals surface area contributed by atoms with E-state index in [2.05, 4.69) is 4.98 Å². The van der Waals surface area contributed by atoms with Gasteiger partial charge in [-0.15, -0.1) is 11.8 Å². The van der Waals surface area contributed by atoms with E-state index >= 15 is 0 Å². The van der Waals surface area contributed by atoms with Gasteiger partial charge < -0.3 is 5.11 Å². The van der Waals surface area contributed by atoms with Crippen LogP contribution in [-0.2, 0) is 0 Å². The van der Waals surface area contributed by atoms with Crippen LogP contribution in [0, 0.1) is 11.3 Å². The number of carbonyl (C=O) groups excluding carboxylic acids is 2. The number of aromatic nitrogens is 1. The van der Waals surface area contributed by atoms with Crippen molar-refractivity contribution in [3.8, 4) is 6.07 Å². The molecule has 0 fully saturated rings. The van der Waals surface area contributed by atoms with E-state index in [9.17, 15) is 14.7 Å². The largest absolute Gasteiger partial charge is 0.390 e. The Balaban J connectivity index is 1.62. The first-order valence-electron chi connectivity index (χ1n) is 7.22. The molecule has 1 aromatic carbocycles. The maximum atomic E-state index is 12.2. The number of hydrogen-bond acceptors (Lipinski definition) is 6. The van der Waals surface area contributed by atoms with Crippen molar-refractivity contribution >= 4 is 23.6 Å². The molecule has 0 bridgehead atoms. The van der Waals surface area contributed by atoms with E-state index in [4.69, 9.17) is 5.26 Å². The smallest absolute Gasteiger partial charge is 0.261 e. The van der Waals surface area contributed by atoms with Gasteiger partial charge in [-0.3, -0.25) is 14.5 Å². The number of carbonyl (C=O) groups is 2. The molecule has 0 unspecified atom stereocenters. The number of thioether (sulfide) groups is 1. The lowest BCUT2D eigenvalue weighted by molar-refractivity contribution is 0.0567. The lowest BCUT2D eigenvalue weighted by Gasteiger charge is -2.18. The van der Waals surface area contributed by atoms with Crippen molar-refractivity contribution in [3.63, 3.8) is 0 Å². The average molecular weight is 339 g/mol. The van der Waals surface area contributed by atoms with Crippen molar-refractivity contribution in [2.75, 3.05) is 12.3 Å². The summed E-state index contributed by atoms with van der Waals surface area (Å²) >= 11 is 1.27. The van der Waals surface area contributed by atoms with Crippen LogP contribution >= 0.6 is 11.8 Å². The summed E-state index contributed by atoms with van der Waals surface area (Å²) in [6.45, 7) is -0.0721. The minimum atomic E-state index is -0.884. The Labute approximate surface area is 142 Å². The van der Waals surface area contributed by atoms with Gasteiger partial charge in [-0.05, 0) is 24.3 Å². The molecule has 2 amide bonds. The van der Waals surface area contributed by atoms with E-state index in [-0.39, 0.29) is 24.1 Å². The Bertz CT molecular complexity index is 812. The second-order valence-electron chi connectivity index (χ2n) is 5.23. The molecule has 2 heterocycles. The molecule has 6 nitrogen and oxygen atoms in total. The van der Waals surface area contributed by atoms with Gasteiger partial charge in [0.15, 0.2) is 0 Å². The summed E-state index contributed by atoms with van der Waals surface area (Å²) in [5, 5.41) is 19.6. The molecule has 0 radical (unpaired) electrons. The molecule has 3 rings (SSSR count). The maximum absolute atomic E-state index is 12.2. The number of imide groups is 1. The van der Waals surface area contributed by atoms with Crippen LogP contribution in [0.15, 0.2) is 47.6 Å². The highest BCUT2D eigenvalue weighted by Gasteiger charge is 2.35. The number of pyridine rings is 1. The van der Waals surface area contributed by atoms with Gasteiger partial charge in [0.25, 0.3) is 11.8 Å². The molecule has 0 aliphatic carbocycles. The number of aliphatic hydroxyl groups excluding tert-OH is 1. The Morgan fingerprint density at radius 2 is 1.88 bits per heavy atom. The normalized spacial score (nSPS) is 14.4. The van der Waals surface area contributed by atoms with Crippen LogP contribution < -0.4 is 0 Å². The van der Waals surface area contributed by atoms with Gasteiger partial charge in [0.05, 0.1) is 40.4 Å². The van der Waals surface area contributed by atoms with E-state index in [1.807, 2.05) is 6.07 Å². The fraction of sp³-hybridized carbons (Fsp3) is 0.176. The van der Waals surface area contributed by atoms with Crippen molar-refractivity contribution in [1.29, 1.82) is 5.26 Å². The predicted molar refractivity (Wildman–Crippen MR) is 87.5 cm³/mol. The molecule has 7 heteroatoms. The van der Waals surface area contributed by atoms with Crippen molar-refractivity contribution in [2.24, 2.45) is 0 Å². The highest BCUT2D eigenvalue weighted by molar-refractivity contribution is 7.99. The average Bonchev–Trinajstić information content (AvgIpc) is 2.85. The summed E-state index contributed by atoms with van der Waals surface area (Å²) < 4.78 is 0. The van der Waals surface area contributed by atoms with E-state index in [0.29, 0.717) is 21.7 Å². The molecule has 120 valence electrons. The van der Waals surface area contributed by atoms with E-state index in [0.717, 1.165) is 4.90 Å². The zero-order valence-corrected chi connectivity index (χ0v) is 13.4. The lowest BCUT2D eigenvalue weighted by atomic mass is 10.1. The van der Waals surface area contributed by atoms with Crippen molar-refractivity contribution < 1.29 is 14.7 Å². The minimum Gasteiger partial charge on any atom is -0.390 e. The number of hydrogen-bond donors (Lipinski definition) is 1. The third-order valence-corrected chi connectivity index (χ3v) is 4.63. The summed E-state index contributed by atoms with van der Waals surface area (Å²) in [7, 11) is 0. The van der Waals surface area contributed by atoms with E-state index in [1.165, 1.54) is 18.0 Å². The zero-order valence-electron chi connectivity index (χ0n) is 12.5. The molecule has 0 saturated heterocycles. The maximum Gasteiger partial charge on any atom is 0.261 e. The van der Waals surface area contributed by atoms with Crippen LogP contribution in [0.3, 0.4) is 0 Å². The molecule has 1 N–H and O–H groups in total. The molecule has 0 saturated carbocycles. The number of fused-ring (bicyclic) bond motifs is 1. The Hall–Kier alpha value is -2.69. The quantitative estimate of drug-likeness (QED) is 0.658. The van der Waals surface area contributed by atoms with Gasteiger partial charge in [0.2, 0.25) is 0 Å². The second kappa shape index (κ2) is 6.83. The van der Waals surface area contributed by atoms with Crippen molar-refractivity contribution in [1.82, 2.24) is 9.88 Å². The third-order valence-electron chi connectivity index (χ3n) is 3.56. The summed E-state index contributed by atoms with van der Waals surface area (Å²) in [6.07, 6.45) is 0.641. The molecule has 1 aliphatic heterocycles. The molecule has 24 heavy (non-hydrogen) atoms. The van der Waals surface area contributed by atoms with Crippen molar-refractivity contribution in [3.05, 3.63) is 59.3 Å². The Morgan fingerprint density at radius 1 is 1.21 bits per heavy atom. The van der Waals surface area contributed by atoms with Crippen LogP contribution in [0.4, 0.5) is 0 Å².